The van der Waals surface area contributed by atoms with Crippen molar-refractivity contribution in [2.75, 3.05) is 36.4 Å². The minimum absolute atomic E-state index is 0.108. The topological polar surface area (TPSA) is 72.9 Å². The van der Waals surface area contributed by atoms with E-state index in [4.69, 9.17) is 0 Å². The summed E-state index contributed by atoms with van der Waals surface area (Å²) in [4.78, 5) is 28.2. The first-order chi connectivity index (χ1) is 12.0. The summed E-state index contributed by atoms with van der Waals surface area (Å²) in [5.74, 6) is -1.08. The van der Waals surface area contributed by atoms with Gasteiger partial charge >= 0.3 is 11.8 Å². The van der Waals surface area contributed by atoms with E-state index in [1.54, 1.807) is 17.0 Å². The molecule has 6 heteroatoms. The standard InChI is InChI=1S/C19H21N3O3/c1-14-3-2-4-16(13-14)21-9-11-22(12-10-21)19(25)18(24)20-15-5-7-17(23)8-6-15/h2-8,13,23H,9-12H2,1H3,(H,20,24). The minimum Gasteiger partial charge on any atom is -0.508 e. The summed E-state index contributed by atoms with van der Waals surface area (Å²) < 4.78 is 0. The third-order valence-electron chi connectivity index (χ3n) is 4.25. The summed E-state index contributed by atoms with van der Waals surface area (Å²) in [6.45, 7) is 4.46. The Balaban J connectivity index is 1.55. The largest absolute Gasteiger partial charge is 0.508 e. The number of carbonyl (C=O) groups excluding carboxylic acids is 2. The van der Waals surface area contributed by atoms with Gasteiger partial charge in [-0.2, -0.15) is 0 Å². The van der Waals surface area contributed by atoms with E-state index in [-0.39, 0.29) is 5.75 Å². The summed E-state index contributed by atoms with van der Waals surface area (Å²) in [6.07, 6.45) is 0. The van der Waals surface area contributed by atoms with Crippen molar-refractivity contribution in [3.8, 4) is 5.75 Å². The molecule has 1 saturated heterocycles. The van der Waals surface area contributed by atoms with E-state index in [0.717, 1.165) is 5.69 Å². The maximum atomic E-state index is 12.3. The van der Waals surface area contributed by atoms with E-state index >= 15 is 0 Å². The van der Waals surface area contributed by atoms with Gasteiger partial charge in [0, 0.05) is 37.6 Å². The molecule has 0 unspecified atom stereocenters. The van der Waals surface area contributed by atoms with Gasteiger partial charge in [-0.05, 0) is 48.9 Å². The number of nitrogens with zero attached hydrogens (tertiary/aromatic N) is 2. The van der Waals surface area contributed by atoms with Crippen LogP contribution >= 0.6 is 0 Å². The van der Waals surface area contributed by atoms with Gasteiger partial charge in [0.1, 0.15) is 5.75 Å². The molecule has 1 heterocycles. The Morgan fingerprint density at radius 1 is 1.00 bits per heavy atom. The molecule has 2 aromatic carbocycles. The third kappa shape index (κ3) is 4.09. The van der Waals surface area contributed by atoms with Crippen molar-refractivity contribution in [3.05, 3.63) is 54.1 Å². The first-order valence-electron chi connectivity index (χ1n) is 8.24. The number of amides is 2. The molecule has 2 aromatic rings. The minimum atomic E-state index is -0.658. The fourth-order valence-electron chi connectivity index (χ4n) is 2.87. The van der Waals surface area contributed by atoms with E-state index in [0.29, 0.717) is 31.9 Å². The second kappa shape index (κ2) is 7.25. The summed E-state index contributed by atoms with van der Waals surface area (Å²) in [5.41, 5.74) is 2.82. The van der Waals surface area contributed by atoms with Gasteiger partial charge in [-0.1, -0.05) is 12.1 Å². The highest BCUT2D eigenvalue weighted by atomic mass is 16.3. The molecule has 6 nitrogen and oxygen atoms in total. The van der Waals surface area contributed by atoms with Crippen LogP contribution in [0.5, 0.6) is 5.75 Å². The fourth-order valence-corrected chi connectivity index (χ4v) is 2.87. The lowest BCUT2D eigenvalue weighted by Crippen LogP contribution is -2.51. The molecule has 0 saturated carbocycles. The van der Waals surface area contributed by atoms with Crippen molar-refractivity contribution in [1.29, 1.82) is 0 Å². The van der Waals surface area contributed by atoms with Gasteiger partial charge in [0.05, 0.1) is 0 Å². The zero-order valence-electron chi connectivity index (χ0n) is 14.1. The number of phenolic OH excluding ortho intramolecular Hbond substituents is 1. The Kier molecular flexibility index (Phi) is 4.88. The number of phenols is 1. The Morgan fingerprint density at radius 3 is 2.32 bits per heavy atom. The zero-order chi connectivity index (χ0) is 17.8. The first-order valence-corrected chi connectivity index (χ1v) is 8.24. The molecule has 0 atom stereocenters. The Labute approximate surface area is 146 Å². The molecular weight excluding hydrogens is 318 g/mol. The van der Waals surface area contributed by atoms with Crippen LogP contribution in [-0.4, -0.2) is 48.0 Å². The van der Waals surface area contributed by atoms with Crippen molar-refractivity contribution in [1.82, 2.24) is 4.90 Å². The smallest absolute Gasteiger partial charge is 0.313 e. The molecule has 25 heavy (non-hydrogen) atoms. The van der Waals surface area contributed by atoms with E-state index in [2.05, 4.69) is 35.3 Å². The van der Waals surface area contributed by atoms with Crippen LogP contribution < -0.4 is 10.2 Å². The van der Waals surface area contributed by atoms with Crippen LogP contribution in [0.4, 0.5) is 11.4 Å². The highest BCUT2D eigenvalue weighted by Gasteiger charge is 2.26. The molecule has 2 amide bonds. The molecule has 0 bridgehead atoms. The molecule has 1 fully saturated rings. The van der Waals surface area contributed by atoms with Crippen molar-refractivity contribution in [3.63, 3.8) is 0 Å². The van der Waals surface area contributed by atoms with E-state index in [1.807, 2.05) is 6.07 Å². The van der Waals surface area contributed by atoms with E-state index in [9.17, 15) is 14.7 Å². The van der Waals surface area contributed by atoms with E-state index in [1.165, 1.54) is 17.7 Å². The Morgan fingerprint density at radius 2 is 1.68 bits per heavy atom. The lowest BCUT2D eigenvalue weighted by atomic mass is 10.2. The van der Waals surface area contributed by atoms with Crippen LogP contribution in [0.15, 0.2) is 48.5 Å². The lowest BCUT2D eigenvalue weighted by Gasteiger charge is -2.35. The highest BCUT2D eigenvalue weighted by molar-refractivity contribution is 6.39. The predicted molar refractivity (Wildman–Crippen MR) is 96.7 cm³/mol. The molecule has 0 aliphatic carbocycles. The number of hydrogen-bond acceptors (Lipinski definition) is 4. The van der Waals surface area contributed by atoms with Crippen LogP contribution in [0.1, 0.15) is 5.56 Å². The average molecular weight is 339 g/mol. The summed E-state index contributed by atoms with van der Waals surface area (Å²) in [7, 11) is 0. The Hall–Kier alpha value is -3.02. The lowest BCUT2D eigenvalue weighted by molar-refractivity contribution is -0.143. The maximum absolute atomic E-state index is 12.3. The van der Waals surface area contributed by atoms with Crippen LogP contribution in [-0.2, 0) is 9.59 Å². The summed E-state index contributed by atoms with van der Waals surface area (Å²) >= 11 is 0. The van der Waals surface area contributed by atoms with Crippen molar-refractivity contribution in [2.45, 2.75) is 6.92 Å². The highest BCUT2D eigenvalue weighted by Crippen LogP contribution is 2.18. The summed E-state index contributed by atoms with van der Waals surface area (Å²) in [6, 6.07) is 14.3. The molecule has 1 aliphatic rings. The van der Waals surface area contributed by atoms with Crippen molar-refractivity contribution >= 4 is 23.2 Å². The van der Waals surface area contributed by atoms with Gasteiger partial charge < -0.3 is 20.2 Å². The van der Waals surface area contributed by atoms with Crippen LogP contribution in [0.25, 0.3) is 0 Å². The second-order valence-corrected chi connectivity index (χ2v) is 6.12. The zero-order valence-corrected chi connectivity index (χ0v) is 14.1. The normalized spacial score (nSPS) is 14.3. The second-order valence-electron chi connectivity index (χ2n) is 6.12. The SMILES string of the molecule is Cc1cccc(N2CCN(C(=O)C(=O)Nc3ccc(O)cc3)CC2)c1. The van der Waals surface area contributed by atoms with Crippen molar-refractivity contribution in [2.24, 2.45) is 0 Å². The number of piperazine rings is 1. The molecule has 130 valence electrons. The number of benzene rings is 2. The van der Waals surface area contributed by atoms with E-state index < -0.39 is 11.8 Å². The number of hydrogen-bond donors (Lipinski definition) is 2. The maximum Gasteiger partial charge on any atom is 0.313 e. The monoisotopic (exact) mass is 339 g/mol. The number of aryl methyl sites for hydroxylation is 1. The molecule has 0 spiro atoms. The van der Waals surface area contributed by atoms with Gasteiger partial charge in [0.25, 0.3) is 0 Å². The predicted octanol–water partition coefficient (Wildman–Crippen LogP) is 1.99. The quantitative estimate of drug-likeness (QED) is 0.648. The molecule has 3 rings (SSSR count). The summed E-state index contributed by atoms with van der Waals surface area (Å²) in [5, 5.41) is 11.8. The first kappa shape index (κ1) is 16.8. The van der Waals surface area contributed by atoms with Gasteiger partial charge in [-0.3, -0.25) is 9.59 Å². The van der Waals surface area contributed by atoms with Gasteiger partial charge in [0.2, 0.25) is 0 Å². The molecule has 2 N–H and O–H groups in total. The van der Waals surface area contributed by atoms with Crippen LogP contribution in [0.2, 0.25) is 0 Å². The number of nitrogens with one attached hydrogen (secondary N) is 1. The van der Waals surface area contributed by atoms with Crippen molar-refractivity contribution < 1.29 is 14.7 Å². The number of rotatable bonds is 2. The molecule has 0 aromatic heterocycles. The third-order valence-corrected chi connectivity index (χ3v) is 4.25. The van der Waals surface area contributed by atoms with Crippen LogP contribution in [0.3, 0.4) is 0 Å². The number of carbonyl (C=O) groups is 2. The number of anilines is 2. The fraction of sp³-hybridized carbons (Fsp3) is 0.263. The average Bonchev–Trinajstić information content (AvgIpc) is 2.63. The number of aromatic hydroxyl groups is 1. The van der Waals surface area contributed by atoms with Gasteiger partial charge in [-0.15, -0.1) is 0 Å². The molecule has 0 radical (unpaired) electrons. The van der Waals surface area contributed by atoms with Gasteiger partial charge in [-0.25, -0.2) is 0 Å². The van der Waals surface area contributed by atoms with Gasteiger partial charge in [0.15, 0.2) is 0 Å². The van der Waals surface area contributed by atoms with Crippen LogP contribution in [0, 0.1) is 6.92 Å². The Bertz CT molecular complexity index is 766. The molecular formula is C19H21N3O3. The molecule has 1 aliphatic heterocycles.